The fourth-order valence-electron chi connectivity index (χ4n) is 1.97. The van der Waals surface area contributed by atoms with Crippen LogP contribution >= 0.6 is 0 Å². The smallest absolute Gasteiger partial charge is 0.243 e. The Bertz CT molecular complexity index is 743. The Morgan fingerprint density at radius 1 is 1.14 bits per heavy atom. The number of nitrogens with two attached hydrogens (primary N) is 1. The third-order valence-electron chi connectivity index (χ3n) is 3.21. The molecule has 0 saturated heterocycles. The Kier molecular flexibility index (Phi) is 4.29. The molecule has 0 aromatic heterocycles. The van der Waals surface area contributed by atoms with E-state index >= 15 is 0 Å². The zero-order valence-corrected chi connectivity index (χ0v) is 12.6. The molecule has 2 aromatic carbocycles. The lowest BCUT2D eigenvalue weighted by Gasteiger charge is -2.16. The maximum Gasteiger partial charge on any atom is 0.243 e. The van der Waals surface area contributed by atoms with Crippen LogP contribution in [0.2, 0.25) is 0 Å². The van der Waals surface area contributed by atoms with Gasteiger partial charge in [-0.3, -0.25) is 0 Å². The topological polar surface area (TPSA) is 72.2 Å². The molecule has 1 atom stereocenters. The number of nitrogen functional groups attached to an aromatic ring is 1. The van der Waals surface area contributed by atoms with Crippen molar-refractivity contribution in [3.63, 3.8) is 0 Å². The predicted octanol–water partition coefficient (Wildman–Crippen LogP) is 2.76. The second-order valence-electron chi connectivity index (χ2n) is 4.91. The van der Waals surface area contributed by atoms with Crippen LogP contribution in [0.25, 0.3) is 0 Å². The van der Waals surface area contributed by atoms with Crippen molar-refractivity contribution in [1.29, 1.82) is 0 Å². The lowest BCUT2D eigenvalue weighted by molar-refractivity contribution is 0.565. The molecule has 0 saturated carbocycles. The minimum absolute atomic E-state index is 0.249. The first-order valence-electron chi connectivity index (χ1n) is 6.44. The van der Waals surface area contributed by atoms with E-state index in [0.717, 1.165) is 17.2 Å². The first-order valence-corrected chi connectivity index (χ1v) is 7.92. The third kappa shape index (κ3) is 3.40. The molecule has 0 radical (unpaired) electrons. The van der Waals surface area contributed by atoms with E-state index in [1.165, 1.54) is 12.1 Å². The largest absolute Gasteiger partial charge is 0.395 e. The van der Waals surface area contributed by atoms with E-state index < -0.39 is 21.9 Å². The number of hydrogen-bond donors (Lipinski definition) is 2. The molecule has 1 unspecified atom stereocenters. The summed E-state index contributed by atoms with van der Waals surface area (Å²) in [4.78, 5) is -0.249. The average Bonchev–Trinajstić information content (AvgIpc) is 2.41. The number of nitrogens with one attached hydrogen (secondary N) is 1. The van der Waals surface area contributed by atoms with Gasteiger partial charge in [-0.2, -0.15) is 0 Å². The van der Waals surface area contributed by atoms with Gasteiger partial charge in [-0.25, -0.2) is 17.5 Å². The molecule has 21 heavy (non-hydrogen) atoms. The Morgan fingerprint density at radius 3 is 2.38 bits per heavy atom. The second kappa shape index (κ2) is 5.83. The standard InChI is InChI=1S/C15H17FN2O2S/c1-10-6-8-12(9-7-10)11(2)18-21(19,20)14-5-3-4-13(16)15(14)17/h3-9,11,18H,17H2,1-2H3. The van der Waals surface area contributed by atoms with Crippen LogP contribution in [-0.4, -0.2) is 8.42 Å². The number of sulfonamides is 1. The summed E-state index contributed by atoms with van der Waals surface area (Å²) < 4.78 is 40.5. The third-order valence-corrected chi connectivity index (χ3v) is 4.81. The molecule has 3 N–H and O–H groups in total. The maximum absolute atomic E-state index is 13.4. The van der Waals surface area contributed by atoms with Gasteiger partial charge in [-0.05, 0) is 31.5 Å². The van der Waals surface area contributed by atoms with Crippen molar-refractivity contribution in [3.8, 4) is 0 Å². The molecular weight excluding hydrogens is 291 g/mol. The summed E-state index contributed by atoms with van der Waals surface area (Å²) in [6.45, 7) is 3.67. The number of benzene rings is 2. The summed E-state index contributed by atoms with van der Waals surface area (Å²) in [6, 6.07) is 10.8. The summed E-state index contributed by atoms with van der Waals surface area (Å²) in [5.41, 5.74) is 7.04. The quantitative estimate of drug-likeness (QED) is 0.853. The van der Waals surface area contributed by atoms with Gasteiger partial charge in [0.1, 0.15) is 10.7 Å². The molecule has 2 aromatic rings. The Balaban J connectivity index is 2.29. The molecule has 0 heterocycles. The highest BCUT2D eigenvalue weighted by molar-refractivity contribution is 7.89. The van der Waals surface area contributed by atoms with Gasteiger partial charge in [0.15, 0.2) is 0 Å². The minimum Gasteiger partial charge on any atom is -0.395 e. The molecule has 0 spiro atoms. The highest BCUT2D eigenvalue weighted by atomic mass is 32.2. The molecule has 0 amide bonds. The summed E-state index contributed by atoms with van der Waals surface area (Å²) in [5, 5.41) is 0. The monoisotopic (exact) mass is 308 g/mol. The van der Waals surface area contributed by atoms with E-state index in [0.29, 0.717) is 0 Å². The van der Waals surface area contributed by atoms with Crippen LogP contribution < -0.4 is 10.5 Å². The molecule has 0 aliphatic carbocycles. The maximum atomic E-state index is 13.4. The molecule has 0 aliphatic rings. The van der Waals surface area contributed by atoms with Crippen LogP contribution in [0, 0.1) is 12.7 Å². The molecular formula is C15H17FN2O2S. The van der Waals surface area contributed by atoms with Gasteiger partial charge in [-0.15, -0.1) is 0 Å². The second-order valence-corrected chi connectivity index (χ2v) is 6.59. The number of anilines is 1. The molecule has 2 rings (SSSR count). The van der Waals surface area contributed by atoms with Crippen molar-refractivity contribution >= 4 is 15.7 Å². The molecule has 0 fully saturated rings. The van der Waals surface area contributed by atoms with E-state index in [4.69, 9.17) is 5.73 Å². The number of halogens is 1. The first kappa shape index (κ1) is 15.5. The van der Waals surface area contributed by atoms with Crippen LogP contribution in [0.4, 0.5) is 10.1 Å². The molecule has 0 bridgehead atoms. The van der Waals surface area contributed by atoms with Crippen molar-refractivity contribution in [2.24, 2.45) is 0 Å². The van der Waals surface area contributed by atoms with Gasteiger partial charge in [0.05, 0.1) is 5.69 Å². The normalized spacial score (nSPS) is 13.1. The van der Waals surface area contributed by atoms with E-state index in [1.54, 1.807) is 6.92 Å². The van der Waals surface area contributed by atoms with Crippen LogP contribution in [0.1, 0.15) is 24.1 Å². The van der Waals surface area contributed by atoms with Gasteiger partial charge in [0.25, 0.3) is 0 Å². The SMILES string of the molecule is Cc1ccc(C(C)NS(=O)(=O)c2cccc(F)c2N)cc1. The molecule has 0 aliphatic heterocycles. The summed E-state index contributed by atoms with van der Waals surface area (Å²) in [7, 11) is -3.89. The Morgan fingerprint density at radius 2 is 1.76 bits per heavy atom. The number of hydrogen-bond acceptors (Lipinski definition) is 3. The van der Waals surface area contributed by atoms with Crippen molar-refractivity contribution in [2.75, 3.05) is 5.73 Å². The van der Waals surface area contributed by atoms with E-state index in [-0.39, 0.29) is 10.6 Å². The minimum atomic E-state index is -3.89. The predicted molar refractivity (Wildman–Crippen MR) is 80.7 cm³/mol. The zero-order valence-electron chi connectivity index (χ0n) is 11.8. The lowest BCUT2D eigenvalue weighted by Crippen LogP contribution is -2.27. The average molecular weight is 308 g/mol. The molecule has 112 valence electrons. The number of aryl methyl sites for hydroxylation is 1. The van der Waals surface area contributed by atoms with Crippen molar-refractivity contribution in [1.82, 2.24) is 4.72 Å². The van der Waals surface area contributed by atoms with E-state index in [2.05, 4.69) is 4.72 Å². The summed E-state index contributed by atoms with van der Waals surface area (Å²) in [5.74, 6) is -0.749. The molecule has 6 heteroatoms. The fourth-order valence-corrected chi connectivity index (χ4v) is 3.34. The van der Waals surface area contributed by atoms with Crippen molar-refractivity contribution < 1.29 is 12.8 Å². The first-order chi connectivity index (χ1) is 9.81. The van der Waals surface area contributed by atoms with Crippen molar-refractivity contribution in [2.45, 2.75) is 24.8 Å². The van der Waals surface area contributed by atoms with Gasteiger partial charge in [-0.1, -0.05) is 35.9 Å². The number of para-hydroxylation sites is 1. The van der Waals surface area contributed by atoms with E-state index in [9.17, 15) is 12.8 Å². The van der Waals surface area contributed by atoms with Crippen LogP contribution in [0.15, 0.2) is 47.4 Å². The molecule has 4 nitrogen and oxygen atoms in total. The van der Waals surface area contributed by atoms with E-state index in [1.807, 2.05) is 31.2 Å². The van der Waals surface area contributed by atoms with Crippen LogP contribution in [0.5, 0.6) is 0 Å². The van der Waals surface area contributed by atoms with Gasteiger partial charge < -0.3 is 5.73 Å². The van der Waals surface area contributed by atoms with Gasteiger partial charge in [0.2, 0.25) is 10.0 Å². The van der Waals surface area contributed by atoms with Crippen molar-refractivity contribution in [3.05, 3.63) is 59.4 Å². The zero-order chi connectivity index (χ0) is 15.6. The highest BCUT2D eigenvalue weighted by Crippen LogP contribution is 2.23. The van der Waals surface area contributed by atoms with Gasteiger partial charge in [0, 0.05) is 6.04 Å². The Hall–Kier alpha value is -1.92. The summed E-state index contributed by atoms with van der Waals surface area (Å²) >= 11 is 0. The highest BCUT2D eigenvalue weighted by Gasteiger charge is 2.22. The van der Waals surface area contributed by atoms with Crippen LogP contribution in [-0.2, 0) is 10.0 Å². The fraction of sp³-hybridized carbons (Fsp3) is 0.200. The Labute approximate surface area is 123 Å². The lowest BCUT2D eigenvalue weighted by atomic mass is 10.1. The number of rotatable bonds is 4. The van der Waals surface area contributed by atoms with Crippen LogP contribution in [0.3, 0.4) is 0 Å². The summed E-state index contributed by atoms with van der Waals surface area (Å²) in [6.07, 6.45) is 0. The van der Waals surface area contributed by atoms with Gasteiger partial charge >= 0.3 is 0 Å².